The average molecular weight is 143 g/mol. The summed E-state index contributed by atoms with van der Waals surface area (Å²) in [5.41, 5.74) is 0. The fourth-order valence-electron chi connectivity index (χ4n) is 1.48. The van der Waals surface area contributed by atoms with Crippen LogP contribution in [0, 0.1) is 0 Å². The Hall–Kier alpha value is -0.0800. The average Bonchev–Trinajstić information content (AvgIpc) is 1.88. The molecule has 1 rings (SSSR count). The Balaban J connectivity index is 2.18. The van der Waals surface area contributed by atoms with E-state index >= 15 is 0 Å². The highest BCUT2D eigenvalue weighted by Gasteiger charge is 2.17. The summed E-state index contributed by atoms with van der Waals surface area (Å²) in [7, 11) is 1.97. The molecule has 2 unspecified atom stereocenters. The lowest BCUT2D eigenvalue weighted by atomic mass is 10.1. The lowest BCUT2D eigenvalue weighted by Crippen LogP contribution is -2.33. The third-order valence-electron chi connectivity index (χ3n) is 1.99. The molecule has 0 spiro atoms. The minimum Gasteiger partial charge on any atom is -0.374 e. The van der Waals surface area contributed by atoms with Crippen LogP contribution in [-0.4, -0.2) is 25.8 Å². The first-order chi connectivity index (χ1) is 4.83. The molecule has 0 aromatic carbocycles. The van der Waals surface area contributed by atoms with Gasteiger partial charge in [-0.1, -0.05) is 0 Å². The van der Waals surface area contributed by atoms with Crippen molar-refractivity contribution in [3.8, 4) is 0 Å². The van der Waals surface area contributed by atoms with E-state index in [1.54, 1.807) is 0 Å². The van der Waals surface area contributed by atoms with Crippen molar-refractivity contribution in [3.05, 3.63) is 0 Å². The molecular weight excluding hydrogens is 126 g/mol. The van der Waals surface area contributed by atoms with Gasteiger partial charge in [0.25, 0.3) is 0 Å². The maximum atomic E-state index is 5.66. The van der Waals surface area contributed by atoms with E-state index in [0.717, 1.165) is 6.54 Å². The molecule has 0 saturated carbocycles. The highest BCUT2D eigenvalue weighted by Crippen LogP contribution is 2.17. The van der Waals surface area contributed by atoms with Crippen LogP contribution in [0.2, 0.25) is 0 Å². The van der Waals surface area contributed by atoms with E-state index < -0.39 is 0 Å². The van der Waals surface area contributed by atoms with Crippen LogP contribution in [-0.2, 0) is 4.74 Å². The molecule has 0 radical (unpaired) electrons. The summed E-state index contributed by atoms with van der Waals surface area (Å²) in [5, 5.41) is 3.13. The van der Waals surface area contributed by atoms with E-state index in [2.05, 4.69) is 12.2 Å². The van der Waals surface area contributed by atoms with Gasteiger partial charge in [0.05, 0.1) is 12.2 Å². The first-order valence-electron chi connectivity index (χ1n) is 4.13. The van der Waals surface area contributed by atoms with Crippen LogP contribution in [0.3, 0.4) is 0 Å². The largest absolute Gasteiger partial charge is 0.374 e. The molecule has 0 bridgehead atoms. The number of nitrogens with one attached hydrogen (secondary N) is 1. The van der Waals surface area contributed by atoms with Gasteiger partial charge in [0.2, 0.25) is 0 Å². The number of hydrogen-bond acceptors (Lipinski definition) is 2. The molecule has 0 aliphatic carbocycles. The minimum atomic E-state index is 0.466. The van der Waals surface area contributed by atoms with Gasteiger partial charge in [-0.3, -0.25) is 0 Å². The molecule has 1 N–H and O–H groups in total. The van der Waals surface area contributed by atoms with Crippen molar-refractivity contribution in [2.75, 3.05) is 13.6 Å². The summed E-state index contributed by atoms with van der Waals surface area (Å²) in [6, 6.07) is 0. The topological polar surface area (TPSA) is 21.3 Å². The SMILES string of the molecule is CNCC1CCCC(C)O1. The van der Waals surface area contributed by atoms with Crippen LogP contribution < -0.4 is 5.32 Å². The van der Waals surface area contributed by atoms with E-state index in [-0.39, 0.29) is 0 Å². The third kappa shape index (κ3) is 2.27. The van der Waals surface area contributed by atoms with Crippen molar-refractivity contribution in [1.29, 1.82) is 0 Å². The van der Waals surface area contributed by atoms with Crippen LogP contribution in [0.25, 0.3) is 0 Å². The first-order valence-corrected chi connectivity index (χ1v) is 4.13. The molecule has 2 nitrogen and oxygen atoms in total. The molecule has 1 fully saturated rings. The number of rotatable bonds is 2. The van der Waals surface area contributed by atoms with Crippen molar-refractivity contribution in [2.24, 2.45) is 0 Å². The maximum absolute atomic E-state index is 5.66. The van der Waals surface area contributed by atoms with Gasteiger partial charge in [-0.05, 0) is 33.2 Å². The molecule has 1 saturated heterocycles. The quantitative estimate of drug-likeness (QED) is 0.626. The predicted octanol–water partition coefficient (Wildman–Crippen LogP) is 1.16. The van der Waals surface area contributed by atoms with E-state index in [1.807, 2.05) is 7.05 Å². The lowest BCUT2D eigenvalue weighted by Gasteiger charge is -2.27. The van der Waals surface area contributed by atoms with Gasteiger partial charge in [0.15, 0.2) is 0 Å². The zero-order valence-electron chi connectivity index (χ0n) is 6.89. The van der Waals surface area contributed by atoms with Gasteiger partial charge in [0.1, 0.15) is 0 Å². The number of likely N-dealkylation sites (N-methyl/N-ethyl adjacent to an activating group) is 1. The summed E-state index contributed by atoms with van der Waals surface area (Å²) in [6.45, 7) is 3.16. The minimum absolute atomic E-state index is 0.466. The molecule has 1 aliphatic rings. The van der Waals surface area contributed by atoms with Crippen LogP contribution in [0.4, 0.5) is 0 Å². The molecule has 0 aromatic rings. The Morgan fingerprint density at radius 2 is 2.30 bits per heavy atom. The zero-order chi connectivity index (χ0) is 7.40. The number of ether oxygens (including phenoxy) is 1. The van der Waals surface area contributed by atoms with Gasteiger partial charge < -0.3 is 10.1 Å². The van der Waals surface area contributed by atoms with Crippen molar-refractivity contribution in [2.45, 2.75) is 38.4 Å². The van der Waals surface area contributed by atoms with Crippen LogP contribution in [0.5, 0.6) is 0 Å². The highest BCUT2D eigenvalue weighted by molar-refractivity contribution is 4.69. The van der Waals surface area contributed by atoms with Crippen molar-refractivity contribution < 1.29 is 4.74 Å². The first kappa shape index (κ1) is 8.02. The van der Waals surface area contributed by atoms with E-state index in [9.17, 15) is 0 Å². The van der Waals surface area contributed by atoms with Gasteiger partial charge in [-0.2, -0.15) is 0 Å². The fourth-order valence-corrected chi connectivity index (χ4v) is 1.48. The molecule has 2 heteroatoms. The molecule has 0 aromatic heterocycles. The summed E-state index contributed by atoms with van der Waals surface area (Å²) in [6.07, 6.45) is 4.74. The zero-order valence-corrected chi connectivity index (χ0v) is 6.89. The normalized spacial score (nSPS) is 34.2. The van der Waals surface area contributed by atoms with Crippen molar-refractivity contribution in [1.82, 2.24) is 5.32 Å². The Morgan fingerprint density at radius 1 is 1.50 bits per heavy atom. The highest BCUT2D eigenvalue weighted by atomic mass is 16.5. The van der Waals surface area contributed by atoms with E-state index in [1.165, 1.54) is 19.3 Å². The van der Waals surface area contributed by atoms with E-state index in [0.29, 0.717) is 12.2 Å². The fraction of sp³-hybridized carbons (Fsp3) is 1.00. The van der Waals surface area contributed by atoms with Crippen LogP contribution >= 0.6 is 0 Å². The summed E-state index contributed by atoms with van der Waals surface area (Å²) < 4.78 is 5.66. The summed E-state index contributed by atoms with van der Waals surface area (Å²) in [4.78, 5) is 0. The Labute approximate surface area is 63.0 Å². The van der Waals surface area contributed by atoms with Crippen LogP contribution in [0.1, 0.15) is 26.2 Å². The lowest BCUT2D eigenvalue weighted by molar-refractivity contribution is -0.0373. The molecule has 1 heterocycles. The second kappa shape index (κ2) is 3.94. The molecular formula is C8H17NO. The summed E-state index contributed by atoms with van der Waals surface area (Å²) >= 11 is 0. The maximum Gasteiger partial charge on any atom is 0.0702 e. The second-order valence-electron chi connectivity index (χ2n) is 3.06. The van der Waals surface area contributed by atoms with Crippen LogP contribution in [0.15, 0.2) is 0 Å². The van der Waals surface area contributed by atoms with Gasteiger partial charge in [-0.25, -0.2) is 0 Å². The monoisotopic (exact) mass is 143 g/mol. The Bertz CT molecular complexity index is 93.3. The van der Waals surface area contributed by atoms with Crippen molar-refractivity contribution in [3.63, 3.8) is 0 Å². The van der Waals surface area contributed by atoms with Crippen molar-refractivity contribution >= 4 is 0 Å². The predicted molar refractivity (Wildman–Crippen MR) is 42.1 cm³/mol. The molecule has 2 atom stereocenters. The summed E-state index contributed by atoms with van der Waals surface area (Å²) in [5.74, 6) is 0. The van der Waals surface area contributed by atoms with E-state index in [4.69, 9.17) is 4.74 Å². The molecule has 1 aliphatic heterocycles. The number of hydrogen-bond donors (Lipinski definition) is 1. The van der Waals surface area contributed by atoms with Gasteiger partial charge in [-0.15, -0.1) is 0 Å². The van der Waals surface area contributed by atoms with Gasteiger partial charge >= 0.3 is 0 Å². The third-order valence-corrected chi connectivity index (χ3v) is 1.99. The standard InChI is InChI=1S/C8H17NO/c1-7-4-3-5-8(10-7)6-9-2/h7-9H,3-6H2,1-2H3. The Kier molecular flexibility index (Phi) is 3.16. The Morgan fingerprint density at radius 3 is 2.90 bits per heavy atom. The second-order valence-corrected chi connectivity index (χ2v) is 3.06. The smallest absolute Gasteiger partial charge is 0.0702 e. The molecule has 10 heavy (non-hydrogen) atoms. The van der Waals surface area contributed by atoms with Gasteiger partial charge in [0, 0.05) is 6.54 Å². The molecule has 0 amide bonds. The molecule has 60 valence electrons.